The normalized spacial score (nSPS) is 10.1. The molecule has 0 heterocycles. The van der Waals surface area contributed by atoms with E-state index in [2.05, 4.69) is 21.2 Å². The van der Waals surface area contributed by atoms with E-state index < -0.39 is 11.7 Å². The number of carbonyl (C=O) groups excluding carboxylic acids is 1. The lowest BCUT2D eigenvalue weighted by atomic mass is 10.2. The molecule has 0 atom stereocenters. The third kappa shape index (κ3) is 16.2. The standard InChI is InChI=1S/C9H18BrNO3.C2H6/c1-9(2,3)14-8(12)11-5-7-13-6-4-10;1-2/h4-7H2,1-3H3,(H,11,12);1-2H3. The van der Waals surface area contributed by atoms with Gasteiger partial charge in [-0.25, -0.2) is 4.79 Å². The van der Waals surface area contributed by atoms with Crippen molar-refractivity contribution >= 4 is 22.0 Å². The second-order valence-corrected chi connectivity index (χ2v) is 4.52. The third-order valence-electron chi connectivity index (χ3n) is 1.14. The Morgan fingerprint density at radius 2 is 1.81 bits per heavy atom. The smallest absolute Gasteiger partial charge is 0.407 e. The minimum absolute atomic E-state index is 0.403. The summed E-state index contributed by atoms with van der Waals surface area (Å²) in [5.74, 6) is 0. The Kier molecular flexibility index (Phi) is 12.7. The first-order valence-corrected chi connectivity index (χ1v) is 6.68. The van der Waals surface area contributed by atoms with Crippen LogP contribution in [0, 0.1) is 0 Å². The summed E-state index contributed by atoms with van der Waals surface area (Å²) in [4.78, 5) is 11.1. The van der Waals surface area contributed by atoms with Crippen LogP contribution >= 0.6 is 15.9 Å². The van der Waals surface area contributed by atoms with E-state index in [-0.39, 0.29) is 0 Å². The van der Waals surface area contributed by atoms with Gasteiger partial charge in [0.05, 0.1) is 13.2 Å². The zero-order valence-corrected chi connectivity index (χ0v) is 12.5. The summed E-state index contributed by atoms with van der Waals surface area (Å²) in [6, 6.07) is 0. The molecule has 1 amide bonds. The minimum Gasteiger partial charge on any atom is -0.444 e. The molecule has 0 saturated carbocycles. The molecule has 5 heteroatoms. The van der Waals surface area contributed by atoms with E-state index in [9.17, 15) is 4.79 Å². The SMILES string of the molecule is CC.CC(C)(C)OC(=O)NCCOCCBr. The molecule has 1 N–H and O–H groups in total. The van der Waals surface area contributed by atoms with Gasteiger partial charge in [-0.1, -0.05) is 29.8 Å². The highest BCUT2D eigenvalue weighted by atomic mass is 79.9. The molecule has 16 heavy (non-hydrogen) atoms. The molecule has 98 valence electrons. The molecule has 0 aliphatic heterocycles. The van der Waals surface area contributed by atoms with E-state index in [4.69, 9.17) is 9.47 Å². The number of rotatable bonds is 5. The summed E-state index contributed by atoms with van der Waals surface area (Å²) >= 11 is 3.23. The van der Waals surface area contributed by atoms with Gasteiger partial charge in [-0.2, -0.15) is 0 Å². The van der Waals surface area contributed by atoms with Gasteiger partial charge in [0.15, 0.2) is 0 Å². The largest absolute Gasteiger partial charge is 0.444 e. The molecule has 0 unspecified atom stereocenters. The number of halogens is 1. The highest BCUT2D eigenvalue weighted by molar-refractivity contribution is 9.09. The number of carbonyl (C=O) groups is 1. The lowest BCUT2D eigenvalue weighted by Crippen LogP contribution is -2.34. The van der Waals surface area contributed by atoms with Gasteiger partial charge in [0.2, 0.25) is 0 Å². The molecule has 0 aromatic carbocycles. The third-order valence-corrected chi connectivity index (χ3v) is 1.46. The Morgan fingerprint density at radius 1 is 1.25 bits per heavy atom. The van der Waals surface area contributed by atoms with Crippen molar-refractivity contribution in [1.29, 1.82) is 0 Å². The van der Waals surface area contributed by atoms with Crippen LogP contribution in [0.1, 0.15) is 34.6 Å². The Morgan fingerprint density at radius 3 is 2.25 bits per heavy atom. The molecule has 0 radical (unpaired) electrons. The van der Waals surface area contributed by atoms with E-state index in [1.165, 1.54) is 0 Å². The van der Waals surface area contributed by atoms with Crippen LogP contribution in [-0.2, 0) is 9.47 Å². The van der Waals surface area contributed by atoms with Gasteiger partial charge in [-0.15, -0.1) is 0 Å². The van der Waals surface area contributed by atoms with Crippen LogP contribution in [0.15, 0.2) is 0 Å². The van der Waals surface area contributed by atoms with Gasteiger partial charge in [-0.3, -0.25) is 0 Å². The van der Waals surface area contributed by atoms with E-state index in [1.54, 1.807) is 0 Å². The molecule has 0 aromatic rings. The molecular weight excluding hydrogens is 274 g/mol. The van der Waals surface area contributed by atoms with Crippen LogP contribution in [0.25, 0.3) is 0 Å². The molecular formula is C11H24BrNO3. The Balaban J connectivity index is 0. The lowest BCUT2D eigenvalue weighted by Gasteiger charge is -2.19. The van der Waals surface area contributed by atoms with Crippen molar-refractivity contribution in [3.05, 3.63) is 0 Å². The summed E-state index contributed by atoms with van der Waals surface area (Å²) < 4.78 is 10.2. The minimum atomic E-state index is -0.444. The Bertz CT molecular complexity index is 169. The van der Waals surface area contributed by atoms with Crippen LogP contribution < -0.4 is 5.32 Å². The van der Waals surface area contributed by atoms with E-state index in [0.29, 0.717) is 19.8 Å². The number of amides is 1. The van der Waals surface area contributed by atoms with Gasteiger partial charge >= 0.3 is 6.09 Å². The van der Waals surface area contributed by atoms with Crippen molar-refractivity contribution in [2.45, 2.75) is 40.2 Å². The van der Waals surface area contributed by atoms with E-state index in [0.717, 1.165) is 5.33 Å². The summed E-state index contributed by atoms with van der Waals surface area (Å²) in [6.07, 6.45) is -0.403. The number of ether oxygens (including phenoxy) is 2. The van der Waals surface area contributed by atoms with Crippen molar-refractivity contribution in [3.63, 3.8) is 0 Å². The maximum atomic E-state index is 11.1. The molecule has 0 aromatic heterocycles. The van der Waals surface area contributed by atoms with E-state index in [1.807, 2.05) is 34.6 Å². The molecule has 0 rings (SSSR count). The first-order chi connectivity index (χ1) is 7.45. The van der Waals surface area contributed by atoms with Crippen LogP contribution in [0.5, 0.6) is 0 Å². The molecule has 0 saturated heterocycles. The average Bonchev–Trinajstić information content (AvgIpc) is 2.18. The fourth-order valence-corrected chi connectivity index (χ4v) is 0.925. The van der Waals surface area contributed by atoms with Crippen LogP contribution in [0.4, 0.5) is 4.79 Å². The number of hydrogen-bond donors (Lipinski definition) is 1. The number of alkyl carbamates (subject to hydrolysis) is 1. The Hall–Kier alpha value is -0.290. The quantitative estimate of drug-likeness (QED) is 0.627. The predicted octanol–water partition coefficient (Wildman–Crippen LogP) is 2.95. The van der Waals surface area contributed by atoms with Crippen LogP contribution in [0.2, 0.25) is 0 Å². The van der Waals surface area contributed by atoms with Crippen molar-refractivity contribution in [2.75, 3.05) is 25.1 Å². The predicted molar refractivity (Wildman–Crippen MR) is 70.2 cm³/mol. The van der Waals surface area contributed by atoms with Crippen LogP contribution in [0.3, 0.4) is 0 Å². The second-order valence-electron chi connectivity index (χ2n) is 3.73. The van der Waals surface area contributed by atoms with Gasteiger partial charge in [0.25, 0.3) is 0 Å². The molecule has 0 aliphatic carbocycles. The summed E-state index contributed by atoms with van der Waals surface area (Å²) in [6.45, 7) is 11.1. The fraction of sp³-hybridized carbons (Fsp3) is 0.909. The van der Waals surface area contributed by atoms with Gasteiger partial charge in [0, 0.05) is 11.9 Å². The topological polar surface area (TPSA) is 47.6 Å². The average molecular weight is 298 g/mol. The molecule has 0 fully saturated rings. The van der Waals surface area contributed by atoms with Crippen LogP contribution in [-0.4, -0.2) is 36.8 Å². The monoisotopic (exact) mass is 297 g/mol. The summed E-state index contributed by atoms with van der Waals surface area (Å²) in [5, 5.41) is 3.40. The maximum Gasteiger partial charge on any atom is 0.407 e. The number of alkyl halides is 1. The summed E-state index contributed by atoms with van der Waals surface area (Å²) in [7, 11) is 0. The van der Waals surface area contributed by atoms with Gasteiger partial charge in [-0.05, 0) is 20.8 Å². The van der Waals surface area contributed by atoms with Gasteiger partial charge < -0.3 is 14.8 Å². The summed E-state index contributed by atoms with van der Waals surface area (Å²) in [5.41, 5.74) is -0.444. The molecule has 0 aliphatic rings. The number of nitrogens with one attached hydrogen (secondary N) is 1. The molecule has 0 spiro atoms. The zero-order chi connectivity index (χ0) is 13.0. The second kappa shape index (κ2) is 11.2. The van der Waals surface area contributed by atoms with Crippen molar-refractivity contribution in [2.24, 2.45) is 0 Å². The zero-order valence-electron chi connectivity index (χ0n) is 10.9. The highest BCUT2D eigenvalue weighted by Crippen LogP contribution is 2.05. The van der Waals surface area contributed by atoms with Crippen molar-refractivity contribution in [3.8, 4) is 0 Å². The van der Waals surface area contributed by atoms with Crippen molar-refractivity contribution < 1.29 is 14.3 Å². The van der Waals surface area contributed by atoms with E-state index >= 15 is 0 Å². The first kappa shape index (κ1) is 18.1. The molecule has 0 bridgehead atoms. The highest BCUT2D eigenvalue weighted by Gasteiger charge is 2.15. The number of hydrogen-bond acceptors (Lipinski definition) is 3. The fourth-order valence-electron chi connectivity index (χ4n) is 0.696. The maximum absolute atomic E-state index is 11.1. The first-order valence-electron chi connectivity index (χ1n) is 5.56. The van der Waals surface area contributed by atoms with Crippen molar-refractivity contribution in [1.82, 2.24) is 5.32 Å². The Labute approximate surface area is 107 Å². The molecule has 4 nitrogen and oxygen atoms in total. The van der Waals surface area contributed by atoms with Gasteiger partial charge in [0.1, 0.15) is 5.60 Å². The lowest BCUT2D eigenvalue weighted by molar-refractivity contribution is 0.0503.